The highest BCUT2D eigenvalue weighted by Crippen LogP contribution is 2.23. The van der Waals surface area contributed by atoms with Crippen LogP contribution in [-0.2, 0) is 11.3 Å². The molecule has 2 aromatic carbocycles. The fraction of sp³-hybridized carbons (Fsp3) is 0.227. The molecule has 2 heterocycles. The Morgan fingerprint density at radius 1 is 1.00 bits per heavy atom. The monoisotopic (exact) mass is 426 g/mol. The van der Waals surface area contributed by atoms with Gasteiger partial charge in [0.05, 0.1) is 10.7 Å². The molecule has 0 aliphatic carbocycles. The Hall–Kier alpha value is -3.19. The van der Waals surface area contributed by atoms with Crippen molar-refractivity contribution in [2.24, 2.45) is 0 Å². The molecule has 1 amide bonds. The van der Waals surface area contributed by atoms with Gasteiger partial charge in [0.25, 0.3) is 5.56 Å². The lowest BCUT2D eigenvalue weighted by molar-refractivity contribution is -0.132. The molecule has 0 unspecified atom stereocenters. The van der Waals surface area contributed by atoms with Crippen molar-refractivity contribution < 1.29 is 9.18 Å². The largest absolute Gasteiger partial charge is 0.368 e. The van der Waals surface area contributed by atoms with Gasteiger partial charge in [0.15, 0.2) is 0 Å². The minimum Gasteiger partial charge on any atom is -0.368 e. The third-order valence-electron chi connectivity index (χ3n) is 5.12. The summed E-state index contributed by atoms with van der Waals surface area (Å²) < 4.78 is 14.6. The molecule has 1 saturated heterocycles. The van der Waals surface area contributed by atoms with E-state index in [-0.39, 0.29) is 23.0 Å². The summed E-state index contributed by atoms with van der Waals surface area (Å²) >= 11 is 5.87. The Labute approximate surface area is 178 Å². The molecule has 1 aliphatic heterocycles. The van der Waals surface area contributed by atoms with Crippen molar-refractivity contribution in [1.82, 2.24) is 14.7 Å². The van der Waals surface area contributed by atoms with Gasteiger partial charge in [0.1, 0.15) is 12.4 Å². The first-order valence-electron chi connectivity index (χ1n) is 9.62. The van der Waals surface area contributed by atoms with E-state index >= 15 is 0 Å². The standard InChI is InChI=1S/C22H20ClFN4O2/c23-18-14-17(6-7-19(18)24)26-10-12-27(13-11-26)22(30)15-28-21(29)9-8-20(25-28)16-4-2-1-3-5-16/h1-9,14H,10-13,15H2. The number of amides is 1. The number of anilines is 1. The number of hydrogen-bond acceptors (Lipinski definition) is 4. The SMILES string of the molecule is O=C(Cn1nc(-c2ccccc2)ccc1=O)N1CCN(c2ccc(F)c(Cl)c2)CC1. The Morgan fingerprint density at radius 2 is 1.73 bits per heavy atom. The van der Waals surface area contributed by atoms with E-state index in [4.69, 9.17) is 11.6 Å². The highest BCUT2D eigenvalue weighted by Gasteiger charge is 2.22. The number of carbonyl (C=O) groups excluding carboxylic acids is 1. The highest BCUT2D eigenvalue weighted by atomic mass is 35.5. The molecule has 0 atom stereocenters. The van der Waals surface area contributed by atoms with Crippen LogP contribution in [0.4, 0.5) is 10.1 Å². The summed E-state index contributed by atoms with van der Waals surface area (Å²) in [5, 5.41) is 4.43. The fourth-order valence-electron chi connectivity index (χ4n) is 3.45. The summed E-state index contributed by atoms with van der Waals surface area (Å²) in [5.74, 6) is -0.614. The lowest BCUT2D eigenvalue weighted by atomic mass is 10.1. The van der Waals surface area contributed by atoms with Crippen LogP contribution >= 0.6 is 11.6 Å². The smallest absolute Gasteiger partial charge is 0.267 e. The van der Waals surface area contributed by atoms with E-state index in [1.54, 1.807) is 23.1 Å². The van der Waals surface area contributed by atoms with Crippen molar-refractivity contribution in [3.8, 4) is 11.3 Å². The average Bonchev–Trinajstić information content (AvgIpc) is 2.78. The van der Waals surface area contributed by atoms with Crippen LogP contribution < -0.4 is 10.5 Å². The Kier molecular flexibility index (Phi) is 5.81. The van der Waals surface area contributed by atoms with Gasteiger partial charge in [-0.1, -0.05) is 41.9 Å². The van der Waals surface area contributed by atoms with E-state index < -0.39 is 5.82 Å². The van der Waals surface area contributed by atoms with Gasteiger partial charge in [-0.2, -0.15) is 5.10 Å². The van der Waals surface area contributed by atoms with Gasteiger partial charge in [-0.15, -0.1) is 0 Å². The minimum atomic E-state index is -0.454. The van der Waals surface area contributed by atoms with Crippen LogP contribution in [-0.4, -0.2) is 46.8 Å². The number of piperazine rings is 1. The second kappa shape index (κ2) is 8.67. The molecule has 1 fully saturated rings. The van der Waals surface area contributed by atoms with E-state index in [0.29, 0.717) is 31.9 Å². The predicted octanol–water partition coefficient (Wildman–Crippen LogP) is 3.05. The van der Waals surface area contributed by atoms with E-state index in [1.165, 1.54) is 16.8 Å². The predicted molar refractivity (Wildman–Crippen MR) is 114 cm³/mol. The normalized spacial score (nSPS) is 14.1. The maximum atomic E-state index is 13.4. The van der Waals surface area contributed by atoms with E-state index in [1.807, 2.05) is 30.3 Å². The lowest BCUT2D eigenvalue weighted by Crippen LogP contribution is -2.50. The van der Waals surface area contributed by atoms with E-state index in [0.717, 1.165) is 11.3 Å². The van der Waals surface area contributed by atoms with Crippen molar-refractivity contribution >= 4 is 23.2 Å². The third kappa shape index (κ3) is 4.36. The fourth-order valence-corrected chi connectivity index (χ4v) is 3.62. The van der Waals surface area contributed by atoms with Gasteiger partial charge in [0.2, 0.25) is 5.91 Å². The zero-order valence-electron chi connectivity index (χ0n) is 16.2. The zero-order valence-corrected chi connectivity index (χ0v) is 16.9. The summed E-state index contributed by atoms with van der Waals surface area (Å²) in [6.07, 6.45) is 0. The van der Waals surface area contributed by atoms with Crippen LogP contribution in [0, 0.1) is 5.82 Å². The molecule has 8 heteroatoms. The molecular weight excluding hydrogens is 407 g/mol. The molecule has 6 nitrogen and oxygen atoms in total. The lowest BCUT2D eigenvalue weighted by Gasteiger charge is -2.36. The molecule has 0 saturated carbocycles. The van der Waals surface area contributed by atoms with Crippen molar-refractivity contribution in [1.29, 1.82) is 0 Å². The summed E-state index contributed by atoms with van der Waals surface area (Å²) in [5.41, 5.74) is 2.02. The molecule has 0 bridgehead atoms. The molecule has 30 heavy (non-hydrogen) atoms. The van der Waals surface area contributed by atoms with Gasteiger partial charge in [-0.05, 0) is 24.3 Å². The van der Waals surface area contributed by atoms with Gasteiger partial charge < -0.3 is 9.80 Å². The third-order valence-corrected chi connectivity index (χ3v) is 5.41. The Morgan fingerprint density at radius 3 is 2.43 bits per heavy atom. The second-order valence-electron chi connectivity index (χ2n) is 7.05. The van der Waals surface area contributed by atoms with Gasteiger partial charge in [-0.25, -0.2) is 9.07 Å². The van der Waals surface area contributed by atoms with Crippen LogP contribution in [0.5, 0.6) is 0 Å². The molecule has 4 rings (SSSR count). The van der Waals surface area contributed by atoms with Crippen LogP contribution in [0.3, 0.4) is 0 Å². The van der Waals surface area contributed by atoms with Crippen LogP contribution in [0.1, 0.15) is 0 Å². The molecule has 154 valence electrons. The number of carbonyl (C=O) groups is 1. The molecular formula is C22H20ClFN4O2. The van der Waals surface area contributed by atoms with E-state index in [9.17, 15) is 14.0 Å². The molecule has 1 aliphatic rings. The highest BCUT2D eigenvalue weighted by molar-refractivity contribution is 6.31. The summed E-state index contributed by atoms with van der Waals surface area (Å²) in [6.45, 7) is 2.09. The quantitative estimate of drug-likeness (QED) is 0.643. The summed E-state index contributed by atoms with van der Waals surface area (Å²) in [4.78, 5) is 28.7. The molecule has 3 aromatic rings. The van der Waals surface area contributed by atoms with Gasteiger partial charge >= 0.3 is 0 Å². The maximum Gasteiger partial charge on any atom is 0.267 e. The summed E-state index contributed by atoms with van der Waals surface area (Å²) in [7, 11) is 0. The number of rotatable bonds is 4. The van der Waals surface area contributed by atoms with Crippen molar-refractivity contribution in [3.05, 3.63) is 81.9 Å². The number of benzene rings is 2. The van der Waals surface area contributed by atoms with Crippen LogP contribution in [0.2, 0.25) is 5.02 Å². The average molecular weight is 427 g/mol. The topological polar surface area (TPSA) is 58.4 Å². The molecule has 0 spiro atoms. The van der Waals surface area contributed by atoms with Gasteiger partial charge in [-0.3, -0.25) is 9.59 Å². The van der Waals surface area contributed by atoms with Crippen LogP contribution in [0.25, 0.3) is 11.3 Å². The molecule has 1 aromatic heterocycles. The summed E-state index contributed by atoms with van der Waals surface area (Å²) in [6, 6.07) is 17.2. The zero-order chi connectivity index (χ0) is 21.1. The van der Waals surface area contributed by atoms with Crippen molar-refractivity contribution in [3.63, 3.8) is 0 Å². The first-order valence-corrected chi connectivity index (χ1v) is 10.0. The first-order chi connectivity index (χ1) is 14.5. The Balaban J connectivity index is 1.41. The molecule has 0 radical (unpaired) electrons. The van der Waals surface area contributed by atoms with Crippen molar-refractivity contribution in [2.45, 2.75) is 6.54 Å². The number of nitrogens with zero attached hydrogens (tertiary/aromatic N) is 4. The number of hydrogen-bond donors (Lipinski definition) is 0. The van der Waals surface area contributed by atoms with Crippen LogP contribution in [0.15, 0.2) is 65.5 Å². The van der Waals surface area contributed by atoms with Crippen molar-refractivity contribution in [2.75, 3.05) is 31.1 Å². The number of halogens is 2. The van der Waals surface area contributed by atoms with Gasteiger partial charge in [0, 0.05) is 43.5 Å². The number of aromatic nitrogens is 2. The molecule has 0 N–H and O–H groups in total. The Bertz CT molecular complexity index is 1110. The first kappa shape index (κ1) is 20.1. The van der Waals surface area contributed by atoms with E-state index in [2.05, 4.69) is 10.00 Å². The maximum absolute atomic E-state index is 13.4. The minimum absolute atomic E-state index is 0.0785. The second-order valence-corrected chi connectivity index (χ2v) is 7.45.